The van der Waals surface area contributed by atoms with E-state index in [0.29, 0.717) is 44.8 Å². The second kappa shape index (κ2) is 8.69. The topological polar surface area (TPSA) is 89.1 Å². The van der Waals surface area contributed by atoms with Crippen molar-refractivity contribution in [3.8, 4) is 44.6 Å². The second-order valence-electron chi connectivity index (χ2n) is 7.75. The summed E-state index contributed by atoms with van der Waals surface area (Å²) in [6, 6.07) is 21.0. The Morgan fingerprint density at radius 1 is 0.943 bits per heavy atom. The van der Waals surface area contributed by atoms with Crippen molar-refractivity contribution in [1.29, 1.82) is 0 Å². The molecule has 7 nitrogen and oxygen atoms in total. The van der Waals surface area contributed by atoms with Gasteiger partial charge in [-0.1, -0.05) is 30.3 Å². The van der Waals surface area contributed by atoms with E-state index in [9.17, 15) is 9.18 Å². The van der Waals surface area contributed by atoms with E-state index in [2.05, 4.69) is 20.5 Å². The molecule has 0 saturated heterocycles. The fourth-order valence-electron chi connectivity index (χ4n) is 3.80. The van der Waals surface area contributed by atoms with Crippen molar-refractivity contribution in [2.24, 2.45) is 0 Å². The van der Waals surface area contributed by atoms with Gasteiger partial charge in [-0.25, -0.2) is 9.37 Å². The average molecular weight is 485 g/mol. The molecule has 0 fully saturated rings. The van der Waals surface area contributed by atoms with Crippen molar-refractivity contribution in [3.63, 3.8) is 0 Å². The number of fused-ring (bicyclic) bond motifs is 1. The van der Waals surface area contributed by atoms with Gasteiger partial charge >= 0.3 is 0 Å². The maximum Gasteiger partial charge on any atom is 0.273 e. The molecule has 0 spiro atoms. The van der Waals surface area contributed by atoms with Crippen LogP contribution in [-0.2, 0) is 0 Å². The van der Waals surface area contributed by atoms with E-state index in [0.717, 1.165) is 11.1 Å². The largest absolute Gasteiger partial charge is 0.454 e. The molecule has 1 aliphatic rings. The van der Waals surface area contributed by atoms with Crippen molar-refractivity contribution in [1.82, 2.24) is 15.2 Å². The molecule has 0 aliphatic carbocycles. The molecule has 3 aromatic carbocycles. The van der Waals surface area contributed by atoms with Crippen molar-refractivity contribution in [2.75, 3.05) is 12.1 Å². The number of halogens is 1. The van der Waals surface area contributed by atoms with Crippen LogP contribution in [0.5, 0.6) is 11.5 Å². The van der Waals surface area contributed by atoms with Gasteiger partial charge in [0.2, 0.25) is 6.79 Å². The molecule has 0 atom stereocenters. The van der Waals surface area contributed by atoms with Crippen LogP contribution in [0.3, 0.4) is 0 Å². The summed E-state index contributed by atoms with van der Waals surface area (Å²) in [6.45, 7) is 0.188. The lowest BCUT2D eigenvalue weighted by atomic mass is 10.1. The number of rotatable bonds is 5. The van der Waals surface area contributed by atoms with E-state index in [4.69, 9.17) is 9.47 Å². The highest BCUT2D eigenvalue weighted by molar-refractivity contribution is 7.13. The van der Waals surface area contributed by atoms with E-state index in [1.165, 1.54) is 17.4 Å². The highest BCUT2D eigenvalue weighted by Crippen LogP contribution is 2.36. The lowest BCUT2D eigenvalue weighted by Crippen LogP contribution is -2.13. The summed E-state index contributed by atoms with van der Waals surface area (Å²) in [4.78, 5) is 17.6. The maximum atomic E-state index is 14.2. The molecule has 1 aliphatic heterocycles. The quantitative estimate of drug-likeness (QED) is 0.320. The maximum absolute atomic E-state index is 14.2. The summed E-state index contributed by atoms with van der Waals surface area (Å²) < 4.78 is 25.0. The van der Waals surface area contributed by atoms with Gasteiger partial charge < -0.3 is 14.8 Å². The molecule has 2 aromatic heterocycles. The number of carbonyl (C=O) groups excluding carboxylic acids is 1. The summed E-state index contributed by atoms with van der Waals surface area (Å²) in [5.74, 6) is 0.650. The number of hydrogen-bond donors (Lipinski definition) is 2. The molecule has 3 heterocycles. The molecule has 35 heavy (non-hydrogen) atoms. The molecule has 172 valence electrons. The van der Waals surface area contributed by atoms with Crippen LogP contribution in [0, 0.1) is 5.82 Å². The molecule has 2 N–H and O–H groups in total. The third kappa shape index (κ3) is 4.02. The monoisotopic (exact) mass is 484 g/mol. The zero-order chi connectivity index (χ0) is 23.8. The number of nitrogens with one attached hydrogen (secondary N) is 2. The highest BCUT2D eigenvalue weighted by Gasteiger charge is 2.18. The zero-order valence-electron chi connectivity index (χ0n) is 18.1. The smallest absolute Gasteiger partial charge is 0.273 e. The number of anilines is 1. The number of amides is 1. The van der Waals surface area contributed by atoms with Crippen LogP contribution in [0.25, 0.3) is 33.1 Å². The van der Waals surface area contributed by atoms with Gasteiger partial charge in [-0.3, -0.25) is 9.89 Å². The molecule has 0 saturated carbocycles. The number of benzene rings is 3. The highest BCUT2D eigenvalue weighted by atomic mass is 32.1. The van der Waals surface area contributed by atoms with Crippen LogP contribution >= 0.6 is 11.3 Å². The Hall–Kier alpha value is -4.50. The first-order valence-electron chi connectivity index (χ1n) is 10.7. The van der Waals surface area contributed by atoms with E-state index in [1.807, 2.05) is 41.8 Å². The summed E-state index contributed by atoms with van der Waals surface area (Å²) >= 11 is 1.35. The Morgan fingerprint density at radius 3 is 2.63 bits per heavy atom. The van der Waals surface area contributed by atoms with E-state index < -0.39 is 0 Å². The third-order valence-corrected chi connectivity index (χ3v) is 6.43. The SMILES string of the molecule is O=C(Nc1ccccc1-c1csc(-c2ccccc2F)n1)c1cc(-c2ccc3c(c2)OCO3)n[nH]1. The Balaban J connectivity index is 1.25. The number of ether oxygens (including phenoxy) is 2. The second-order valence-corrected chi connectivity index (χ2v) is 8.61. The molecule has 0 radical (unpaired) electrons. The molecule has 5 aromatic rings. The first-order valence-corrected chi connectivity index (χ1v) is 11.6. The fourth-order valence-corrected chi connectivity index (χ4v) is 4.65. The number of thiazole rings is 1. The Labute approximate surface area is 203 Å². The summed E-state index contributed by atoms with van der Waals surface area (Å²) in [6.07, 6.45) is 0. The van der Waals surface area contributed by atoms with Crippen LogP contribution < -0.4 is 14.8 Å². The van der Waals surface area contributed by atoms with Gasteiger partial charge in [0, 0.05) is 22.1 Å². The summed E-state index contributed by atoms with van der Waals surface area (Å²) in [7, 11) is 0. The standard InChI is InChI=1S/C26H17FN4O3S/c27-18-7-3-1-5-16(18)26-29-22(13-35-26)17-6-2-4-8-19(17)28-25(32)21-12-20(30-31-21)15-9-10-23-24(11-15)34-14-33-23/h1-13H,14H2,(H,28,32)(H,30,31). The van der Waals surface area contributed by atoms with Gasteiger partial charge in [0.1, 0.15) is 16.5 Å². The number of carbonyl (C=O) groups is 1. The Bertz CT molecular complexity index is 1560. The van der Waals surface area contributed by atoms with Gasteiger partial charge in [-0.2, -0.15) is 5.10 Å². The fraction of sp³-hybridized carbons (Fsp3) is 0.0385. The van der Waals surface area contributed by atoms with Crippen LogP contribution in [0.1, 0.15) is 10.5 Å². The minimum atomic E-state index is -0.346. The first-order chi connectivity index (χ1) is 17.2. The predicted molar refractivity (Wildman–Crippen MR) is 131 cm³/mol. The van der Waals surface area contributed by atoms with Gasteiger partial charge in [-0.05, 0) is 42.5 Å². The average Bonchev–Trinajstić information content (AvgIpc) is 3.65. The van der Waals surface area contributed by atoms with Gasteiger partial charge in [0.15, 0.2) is 11.5 Å². The normalized spacial score (nSPS) is 12.0. The predicted octanol–water partition coefficient (Wildman–Crippen LogP) is 5.99. The molecule has 0 bridgehead atoms. The van der Waals surface area contributed by atoms with Crippen molar-refractivity contribution >= 4 is 22.9 Å². The Morgan fingerprint density at radius 2 is 1.74 bits per heavy atom. The van der Waals surface area contributed by atoms with Crippen LogP contribution in [0.4, 0.5) is 10.1 Å². The summed E-state index contributed by atoms with van der Waals surface area (Å²) in [5, 5.41) is 12.4. The van der Waals surface area contributed by atoms with Gasteiger partial charge in [0.05, 0.1) is 17.1 Å². The molecule has 1 amide bonds. The number of H-pyrrole nitrogens is 1. The number of aromatic amines is 1. The number of para-hydroxylation sites is 1. The van der Waals surface area contributed by atoms with Crippen molar-refractivity contribution in [3.05, 3.63) is 89.7 Å². The number of nitrogens with zero attached hydrogens (tertiary/aromatic N) is 2. The van der Waals surface area contributed by atoms with Crippen LogP contribution in [0.15, 0.2) is 78.2 Å². The van der Waals surface area contributed by atoms with Crippen LogP contribution in [0.2, 0.25) is 0 Å². The Kier molecular flexibility index (Phi) is 5.23. The van der Waals surface area contributed by atoms with Crippen LogP contribution in [-0.4, -0.2) is 27.9 Å². The van der Waals surface area contributed by atoms with E-state index in [1.54, 1.807) is 30.3 Å². The molecular weight excluding hydrogens is 467 g/mol. The molecule has 0 unspecified atom stereocenters. The van der Waals surface area contributed by atoms with Crippen molar-refractivity contribution in [2.45, 2.75) is 0 Å². The van der Waals surface area contributed by atoms with E-state index in [-0.39, 0.29) is 18.5 Å². The number of aromatic nitrogens is 3. The molecular formula is C26H17FN4O3S. The molecule has 6 rings (SSSR count). The minimum Gasteiger partial charge on any atom is -0.454 e. The summed E-state index contributed by atoms with van der Waals surface area (Å²) in [5.41, 5.74) is 4.12. The first kappa shape index (κ1) is 21.1. The van der Waals surface area contributed by atoms with E-state index >= 15 is 0 Å². The third-order valence-electron chi connectivity index (χ3n) is 5.55. The zero-order valence-corrected chi connectivity index (χ0v) is 18.9. The van der Waals surface area contributed by atoms with Crippen molar-refractivity contribution < 1.29 is 18.7 Å². The van der Waals surface area contributed by atoms with Gasteiger partial charge in [0.25, 0.3) is 5.91 Å². The minimum absolute atomic E-state index is 0.188. The lowest BCUT2D eigenvalue weighted by Gasteiger charge is -2.08. The number of hydrogen-bond acceptors (Lipinski definition) is 6. The lowest BCUT2D eigenvalue weighted by molar-refractivity contribution is 0.102. The van der Waals surface area contributed by atoms with Gasteiger partial charge in [-0.15, -0.1) is 11.3 Å². The molecule has 9 heteroatoms.